The monoisotopic (exact) mass is 630 g/mol. The van der Waals surface area contributed by atoms with Crippen LogP contribution in [0.25, 0.3) is 22.2 Å². The van der Waals surface area contributed by atoms with E-state index in [9.17, 15) is 4.57 Å². The minimum absolute atomic E-state index is 0.362. The minimum atomic E-state index is -2.74. The van der Waals surface area contributed by atoms with Crippen LogP contribution < -0.4 is 25.6 Å². The van der Waals surface area contributed by atoms with E-state index in [0.29, 0.717) is 44.0 Å². The van der Waals surface area contributed by atoms with Gasteiger partial charge in [0.1, 0.15) is 24.2 Å². The van der Waals surface area contributed by atoms with E-state index in [1.54, 1.807) is 39.0 Å². The quantitative estimate of drug-likeness (QED) is 0.217. The molecule has 0 fully saturated rings. The first-order chi connectivity index (χ1) is 19.7. The van der Waals surface area contributed by atoms with Gasteiger partial charge in [0.05, 0.1) is 33.8 Å². The number of fused-ring (bicyclic) bond motifs is 4. The van der Waals surface area contributed by atoms with Crippen molar-refractivity contribution in [1.29, 1.82) is 0 Å². The zero-order valence-corrected chi connectivity index (χ0v) is 25.5. The molecule has 1 aliphatic heterocycles. The number of likely N-dealkylation sites (N-methyl/N-ethyl adjacent to an activating group) is 1. The molecular formula is C29H28BrN8O2P. The van der Waals surface area contributed by atoms with Gasteiger partial charge in [-0.25, -0.2) is 4.98 Å². The topological polar surface area (TPSA) is 118 Å². The number of aromatic nitrogens is 5. The van der Waals surface area contributed by atoms with Crippen molar-refractivity contribution in [2.45, 2.75) is 6.42 Å². The minimum Gasteiger partial charge on any atom is -0.494 e. The van der Waals surface area contributed by atoms with Gasteiger partial charge in [-0.1, -0.05) is 6.07 Å². The normalized spacial score (nSPS) is 12.9. The number of methoxy groups -OCH3 is 1. The molecular weight excluding hydrogens is 603 g/mol. The van der Waals surface area contributed by atoms with Crippen molar-refractivity contribution in [2.75, 3.05) is 49.6 Å². The highest BCUT2D eigenvalue weighted by molar-refractivity contribution is 9.10. The molecule has 4 heterocycles. The van der Waals surface area contributed by atoms with Gasteiger partial charge in [-0.2, -0.15) is 4.98 Å². The summed E-state index contributed by atoms with van der Waals surface area (Å²) >= 11 is 3.56. The summed E-state index contributed by atoms with van der Waals surface area (Å²) < 4.78 is 19.8. The molecule has 10 nitrogen and oxygen atoms in total. The molecule has 1 aliphatic rings. The second-order valence-corrected chi connectivity index (χ2v) is 14.1. The SMILES string of the molecule is COc1cc2c(cc1Nc1ncc(Br)c(Nc3ccc4nccnc4c3P(C)(C)=O)n1)-c1cccnc1CCN2C. The summed E-state index contributed by atoms with van der Waals surface area (Å²) in [5.74, 6) is 1.53. The van der Waals surface area contributed by atoms with Gasteiger partial charge in [0.2, 0.25) is 5.95 Å². The Kier molecular flexibility index (Phi) is 7.09. The highest BCUT2D eigenvalue weighted by Gasteiger charge is 2.24. The van der Waals surface area contributed by atoms with Gasteiger partial charge in [0, 0.05) is 73.4 Å². The second kappa shape index (κ2) is 10.7. The largest absolute Gasteiger partial charge is 0.494 e. The summed E-state index contributed by atoms with van der Waals surface area (Å²) in [6, 6.07) is 11.8. The first-order valence-electron chi connectivity index (χ1n) is 13.0. The van der Waals surface area contributed by atoms with E-state index in [-0.39, 0.29) is 0 Å². The highest BCUT2D eigenvalue weighted by Crippen LogP contribution is 2.43. The number of hydrogen-bond acceptors (Lipinski definition) is 10. The van der Waals surface area contributed by atoms with Crippen LogP contribution in [0.2, 0.25) is 0 Å². The molecule has 208 valence electrons. The maximum atomic E-state index is 13.4. The molecule has 2 N–H and O–H groups in total. The van der Waals surface area contributed by atoms with Crippen LogP contribution in [0.15, 0.2) is 65.7 Å². The van der Waals surface area contributed by atoms with Crippen LogP contribution in [-0.4, -0.2) is 59.0 Å². The molecule has 2 aromatic carbocycles. The van der Waals surface area contributed by atoms with Crippen molar-refractivity contribution in [2.24, 2.45) is 0 Å². The molecule has 0 spiro atoms. The lowest BCUT2D eigenvalue weighted by molar-refractivity contribution is 0.417. The maximum Gasteiger partial charge on any atom is 0.229 e. The summed E-state index contributed by atoms with van der Waals surface area (Å²) in [6.45, 7) is 4.29. The lowest BCUT2D eigenvalue weighted by Crippen LogP contribution is -2.19. The Bertz CT molecular complexity index is 1840. The fraction of sp³-hybridized carbons (Fsp3) is 0.207. The molecule has 0 aliphatic carbocycles. The third-order valence-electron chi connectivity index (χ3n) is 6.99. The maximum absolute atomic E-state index is 13.4. The third kappa shape index (κ3) is 5.23. The van der Waals surface area contributed by atoms with Crippen molar-refractivity contribution in [1.82, 2.24) is 24.9 Å². The molecule has 0 atom stereocenters. The number of pyridine rings is 1. The van der Waals surface area contributed by atoms with E-state index in [0.717, 1.165) is 41.2 Å². The number of anilines is 5. The fourth-order valence-electron chi connectivity index (χ4n) is 5.07. The van der Waals surface area contributed by atoms with Crippen molar-refractivity contribution in [3.05, 3.63) is 71.4 Å². The van der Waals surface area contributed by atoms with E-state index >= 15 is 0 Å². The predicted octanol–water partition coefficient (Wildman–Crippen LogP) is 5.98. The molecule has 0 unspecified atom stereocenters. The van der Waals surface area contributed by atoms with E-state index in [2.05, 4.69) is 70.6 Å². The molecule has 41 heavy (non-hydrogen) atoms. The Hall–Kier alpha value is -4.08. The van der Waals surface area contributed by atoms with Crippen LogP contribution in [0.4, 0.5) is 28.8 Å². The molecule has 0 amide bonds. The van der Waals surface area contributed by atoms with Crippen LogP contribution in [0.1, 0.15) is 5.69 Å². The molecule has 12 heteroatoms. The summed E-state index contributed by atoms with van der Waals surface area (Å²) in [5, 5.41) is 7.31. The smallest absolute Gasteiger partial charge is 0.229 e. The van der Waals surface area contributed by atoms with Gasteiger partial charge >= 0.3 is 0 Å². The summed E-state index contributed by atoms with van der Waals surface area (Å²) in [4.78, 5) is 24.9. The number of nitrogens with one attached hydrogen (secondary N) is 2. The fourth-order valence-corrected chi connectivity index (χ4v) is 6.76. The molecule has 0 bridgehead atoms. The third-order valence-corrected chi connectivity index (χ3v) is 9.10. The number of benzene rings is 2. The molecule has 3 aromatic heterocycles. The average molecular weight is 631 g/mol. The van der Waals surface area contributed by atoms with Crippen molar-refractivity contribution >= 4 is 68.2 Å². The van der Waals surface area contributed by atoms with Crippen LogP contribution in [0, 0.1) is 0 Å². The molecule has 0 saturated heterocycles. The van der Waals surface area contributed by atoms with Crippen molar-refractivity contribution < 1.29 is 9.30 Å². The Morgan fingerprint density at radius 1 is 0.976 bits per heavy atom. The summed E-state index contributed by atoms with van der Waals surface area (Å²) in [6.07, 6.45) is 7.58. The Morgan fingerprint density at radius 3 is 2.61 bits per heavy atom. The average Bonchev–Trinajstić information content (AvgIpc) is 3.09. The van der Waals surface area contributed by atoms with Gasteiger partial charge < -0.3 is 24.8 Å². The Morgan fingerprint density at radius 2 is 1.80 bits per heavy atom. The van der Waals surface area contributed by atoms with E-state index in [1.807, 2.05) is 30.5 Å². The van der Waals surface area contributed by atoms with Crippen LogP contribution >= 0.6 is 23.1 Å². The predicted molar refractivity (Wildman–Crippen MR) is 168 cm³/mol. The number of nitrogens with zero attached hydrogens (tertiary/aromatic N) is 6. The lowest BCUT2D eigenvalue weighted by atomic mass is 10.0. The Balaban J connectivity index is 1.40. The van der Waals surface area contributed by atoms with Gasteiger partial charge in [0.15, 0.2) is 0 Å². The van der Waals surface area contributed by atoms with E-state index in [1.165, 1.54) is 0 Å². The number of ether oxygens (including phenoxy) is 1. The first kappa shape index (κ1) is 27.1. The van der Waals surface area contributed by atoms with Crippen LogP contribution in [-0.2, 0) is 11.0 Å². The Labute approximate surface area is 246 Å². The van der Waals surface area contributed by atoms with Gasteiger partial charge in [-0.15, -0.1) is 0 Å². The van der Waals surface area contributed by atoms with E-state index < -0.39 is 7.14 Å². The molecule has 0 radical (unpaired) electrons. The van der Waals surface area contributed by atoms with Gasteiger partial charge in [-0.3, -0.25) is 15.0 Å². The van der Waals surface area contributed by atoms with Crippen molar-refractivity contribution in [3.8, 4) is 16.9 Å². The summed E-state index contributed by atoms with van der Waals surface area (Å²) in [5.41, 5.74) is 6.91. The van der Waals surface area contributed by atoms with Gasteiger partial charge in [0.25, 0.3) is 0 Å². The van der Waals surface area contributed by atoms with Crippen molar-refractivity contribution in [3.63, 3.8) is 0 Å². The van der Waals surface area contributed by atoms with Crippen LogP contribution in [0.3, 0.4) is 0 Å². The van der Waals surface area contributed by atoms with E-state index in [4.69, 9.17) is 9.72 Å². The zero-order chi connectivity index (χ0) is 28.7. The standard InChI is InChI=1S/C29H28BrN8O2P/c1-38-13-9-20-17(6-5-10-31-20)18-14-23(25(40-2)15-24(18)38)36-29-34-16-19(30)28(37-29)35-22-8-7-21-26(33-12-11-32-21)27(22)41(3,4)39/h5-8,10-12,14-16H,9,13H2,1-4H3,(H2,34,35,36,37). The zero-order valence-electron chi connectivity index (χ0n) is 23.0. The number of hydrogen-bond donors (Lipinski definition) is 2. The number of rotatable bonds is 6. The molecule has 6 rings (SSSR count). The van der Waals surface area contributed by atoms with Gasteiger partial charge in [-0.05, 0) is 53.5 Å². The second-order valence-electron chi connectivity index (χ2n) is 10.1. The highest BCUT2D eigenvalue weighted by atomic mass is 79.9. The number of halogens is 1. The molecule has 0 saturated carbocycles. The molecule has 5 aromatic rings. The first-order valence-corrected chi connectivity index (χ1v) is 16.4. The summed E-state index contributed by atoms with van der Waals surface area (Å²) in [7, 11) is 0.977. The lowest BCUT2D eigenvalue weighted by Gasteiger charge is -2.22. The van der Waals surface area contributed by atoms with Crippen LogP contribution in [0.5, 0.6) is 5.75 Å².